The highest BCUT2D eigenvalue weighted by Gasteiger charge is 2.14. The van der Waals surface area contributed by atoms with E-state index in [1.54, 1.807) is 0 Å². The summed E-state index contributed by atoms with van der Waals surface area (Å²) in [6, 6.07) is 7.50. The van der Waals surface area contributed by atoms with E-state index in [4.69, 9.17) is 0 Å². The summed E-state index contributed by atoms with van der Waals surface area (Å²) in [5.74, 6) is 0.548. The van der Waals surface area contributed by atoms with Crippen LogP contribution in [0.5, 0.6) is 11.5 Å². The Balaban J connectivity index is 1.61. The van der Waals surface area contributed by atoms with Crippen molar-refractivity contribution in [2.45, 2.75) is 185 Å². The fraction of sp³-hybridized carbons (Fsp3) is 0.500. The minimum atomic E-state index is 0.267. The molecule has 0 atom stereocenters. The molecule has 0 aliphatic heterocycles. The lowest BCUT2D eigenvalue weighted by molar-refractivity contribution is 0.461. The van der Waals surface area contributed by atoms with Crippen LogP contribution in [0.2, 0.25) is 0 Å². The van der Waals surface area contributed by atoms with Gasteiger partial charge in [-0.15, -0.1) is 0 Å². The number of rotatable bonds is 26. The van der Waals surface area contributed by atoms with Gasteiger partial charge in [0.15, 0.2) is 0 Å². The molecule has 0 bridgehead atoms. The molecular weight excluding hydrogens is 705 g/mol. The molecule has 0 amide bonds. The standard InChI is InChI=1S/C56H82O2/c1-42(2)22-14-23-43(3)24-15-25-44(4)26-16-27-45(5)28-17-29-46(6)30-18-31-47(7)32-19-33-48(8)34-20-35-49(9)36-21-37-50(10)40-41-52-51(11)55(57)53-38-12-13-39-54(53)56(52)58/h12-13,22,24,26,28,30,32,34,36,38-40,57-58H,14-21,23,25,27,29,31,33,35,37,41H2,1-11H3/b43-24-,44-26+,45-28-,46-30+,47-32+,48-34+,49-36+,50-40+. The fourth-order valence-corrected chi connectivity index (χ4v) is 7.34. The second-order valence-corrected chi connectivity index (χ2v) is 17.5. The molecule has 2 aromatic rings. The molecular formula is C56H82O2. The number of hydrogen-bond acceptors (Lipinski definition) is 2. The van der Waals surface area contributed by atoms with Crippen LogP contribution in [0.3, 0.4) is 0 Å². The highest BCUT2D eigenvalue weighted by molar-refractivity contribution is 5.95. The number of allylic oxidation sites excluding steroid dienone is 18. The summed E-state index contributed by atoms with van der Waals surface area (Å²) in [4.78, 5) is 0. The Morgan fingerprint density at radius 1 is 0.379 bits per heavy atom. The van der Waals surface area contributed by atoms with Crippen LogP contribution in [-0.4, -0.2) is 10.2 Å². The lowest BCUT2D eigenvalue weighted by atomic mass is 9.95. The molecule has 0 fully saturated rings. The number of fused-ring (bicyclic) bond motifs is 1. The third-order valence-electron chi connectivity index (χ3n) is 11.5. The lowest BCUT2D eigenvalue weighted by Gasteiger charge is -2.13. The van der Waals surface area contributed by atoms with Gasteiger partial charge in [0.25, 0.3) is 0 Å². The van der Waals surface area contributed by atoms with E-state index in [1.165, 1.54) is 69.4 Å². The first-order valence-electron chi connectivity index (χ1n) is 22.5. The first kappa shape index (κ1) is 50.1. The SMILES string of the molecule is CC(C)=CCC/C(C)=C\CC/C(C)=C/CC/C(C)=C\CC/C(C)=C/CC/C(C)=C/CC/C(C)=C/CC/C(C)=C/CC/C(C)=C/Cc1c(C)c(O)c2ccccc2c1O. The highest BCUT2D eigenvalue weighted by Crippen LogP contribution is 2.39. The third-order valence-corrected chi connectivity index (χ3v) is 11.5. The molecule has 2 nitrogen and oxygen atoms in total. The van der Waals surface area contributed by atoms with Crippen LogP contribution in [0.1, 0.15) is 183 Å². The molecule has 0 heterocycles. The van der Waals surface area contributed by atoms with Crippen molar-refractivity contribution in [2.24, 2.45) is 0 Å². The van der Waals surface area contributed by atoms with E-state index in [0.29, 0.717) is 17.2 Å². The molecule has 58 heavy (non-hydrogen) atoms. The van der Waals surface area contributed by atoms with Crippen LogP contribution in [0.25, 0.3) is 10.8 Å². The van der Waals surface area contributed by atoms with E-state index in [2.05, 4.69) is 124 Å². The van der Waals surface area contributed by atoms with Crippen LogP contribution < -0.4 is 0 Å². The van der Waals surface area contributed by atoms with Crippen molar-refractivity contribution in [2.75, 3.05) is 0 Å². The van der Waals surface area contributed by atoms with Crippen LogP contribution in [0.15, 0.2) is 129 Å². The van der Waals surface area contributed by atoms with Crippen LogP contribution in [0, 0.1) is 6.92 Å². The van der Waals surface area contributed by atoms with E-state index in [0.717, 1.165) is 94.6 Å². The van der Waals surface area contributed by atoms with Crippen LogP contribution >= 0.6 is 0 Å². The zero-order valence-corrected chi connectivity index (χ0v) is 38.9. The van der Waals surface area contributed by atoms with Gasteiger partial charge in [0.05, 0.1) is 0 Å². The minimum Gasteiger partial charge on any atom is -0.507 e. The van der Waals surface area contributed by atoms with Crippen molar-refractivity contribution in [3.8, 4) is 11.5 Å². The van der Waals surface area contributed by atoms with Gasteiger partial charge in [-0.3, -0.25) is 0 Å². The second kappa shape index (κ2) is 28.4. The number of hydrogen-bond donors (Lipinski definition) is 2. The van der Waals surface area contributed by atoms with Crippen LogP contribution in [0.4, 0.5) is 0 Å². The monoisotopic (exact) mass is 787 g/mol. The number of benzene rings is 2. The summed E-state index contributed by atoms with van der Waals surface area (Å²) in [6.07, 6.45) is 40.3. The number of phenolic OH excluding ortho intramolecular Hbond substituents is 2. The maximum Gasteiger partial charge on any atom is 0.127 e. The van der Waals surface area contributed by atoms with Gasteiger partial charge in [0, 0.05) is 16.3 Å². The molecule has 0 aliphatic carbocycles. The normalized spacial score (nSPS) is 14.2. The Kier molecular flexibility index (Phi) is 24.5. The molecule has 318 valence electrons. The quantitative estimate of drug-likeness (QED) is 0.0736. The summed E-state index contributed by atoms with van der Waals surface area (Å²) >= 11 is 0. The summed E-state index contributed by atoms with van der Waals surface area (Å²) < 4.78 is 0. The smallest absolute Gasteiger partial charge is 0.127 e. The van der Waals surface area contributed by atoms with Gasteiger partial charge in [-0.2, -0.15) is 0 Å². The predicted octanol–water partition coefficient (Wildman–Crippen LogP) is 17.9. The molecule has 0 radical (unpaired) electrons. The maximum atomic E-state index is 10.9. The molecule has 0 aromatic heterocycles. The highest BCUT2D eigenvalue weighted by atomic mass is 16.3. The van der Waals surface area contributed by atoms with Crippen molar-refractivity contribution in [3.05, 3.63) is 140 Å². The zero-order chi connectivity index (χ0) is 42.9. The average Bonchev–Trinajstić information content (AvgIpc) is 3.17. The molecule has 2 aromatic carbocycles. The van der Waals surface area contributed by atoms with Crippen molar-refractivity contribution in [3.63, 3.8) is 0 Å². The minimum absolute atomic E-state index is 0.267. The molecule has 2 N–H and O–H groups in total. The van der Waals surface area contributed by atoms with E-state index < -0.39 is 0 Å². The Morgan fingerprint density at radius 2 is 0.638 bits per heavy atom. The Morgan fingerprint density at radius 3 is 0.931 bits per heavy atom. The average molecular weight is 787 g/mol. The van der Waals surface area contributed by atoms with Gasteiger partial charge >= 0.3 is 0 Å². The van der Waals surface area contributed by atoms with Gasteiger partial charge in [-0.1, -0.05) is 129 Å². The Labute approximate surface area is 356 Å². The molecule has 0 saturated heterocycles. The summed E-state index contributed by atoms with van der Waals surface area (Å²) in [5.41, 5.74) is 14.8. The summed E-state index contributed by atoms with van der Waals surface area (Å²) in [6.45, 7) is 24.4. The van der Waals surface area contributed by atoms with Crippen molar-refractivity contribution in [1.82, 2.24) is 0 Å². The first-order valence-corrected chi connectivity index (χ1v) is 22.5. The zero-order valence-electron chi connectivity index (χ0n) is 38.9. The van der Waals surface area contributed by atoms with Crippen molar-refractivity contribution >= 4 is 10.8 Å². The van der Waals surface area contributed by atoms with E-state index in [9.17, 15) is 10.2 Å². The first-order chi connectivity index (χ1) is 27.7. The van der Waals surface area contributed by atoms with Crippen molar-refractivity contribution < 1.29 is 10.2 Å². The molecule has 2 heteroatoms. The lowest BCUT2D eigenvalue weighted by Crippen LogP contribution is -1.92. The fourth-order valence-electron chi connectivity index (χ4n) is 7.34. The van der Waals surface area contributed by atoms with E-state index in [-0.39, 0.29) is 11.5 Å². The molecule has 0 aliphatic rings. The number of aromatic hydroxyl groups is 2. The molecule has 0 unspecified atom stereocenters. The van der Waals surface area contributed by atoms with E-state index in [1.807, 2.05) is 31.2 Å². The van der Waals surface area contributed by atoms with Gasteiger partial charge < -0.3 is 10.2 Å². The number of phenols is 2. The van der Waals surface area contributed by atoms with Crippen LogP contribution in [-0.2, 0) is 6.42 Å². The topological polar surface area (TPSA) is 40.5 Å². The van der Waals surface area contributed by atoms with Crippen molar-refractivity contribution in [1.29, 1.82) is 0 Å². The third kappa shape index (κ3) is 21.1. The van der Waals surface area contributed by atoms with E-state index >= 15 is 0 Å². The largest absolute Gasteiger partial charge is 0.507 e. The molecule has 0 spiro atoms. The summed E-state index contributed by atoms with van der Waals surface area (Å²) in [5, 5.41) is 23.0. The maximum absolute atomic E-state index is 10.9. The second-order valence-electron chi connectivity index (χ2n) is 17.5. The Hall–Kier alpha value is -4.04. The van der Waals surface area contributed by atoms with Gasteiger partial charge in [0.2, 0.25) is 0 Å². The molecule has 2 rings (SSSR count). The van der Waals surface area contributed by atoms with Gasteiger partial charge in [0.1, 0.15) is 11.5 Å². The van der Waals surface area contributed by atoms with Gasteiger partial charge in [-0.05, 0) is 191 Å². The summed E-state index contributed by atoms with van der Waals surface area (Å²) in [7, 11) is 0. The molecule has 0 saturated carbocycles. The van der Waals surface area contributed by atoms with Gasteiger partial charge in [-0.25, -0.2) is 0 Å². The Bertz CT molecular complexity index is 1850. The predicted molar refractivity (Wildman–Crippen MR) is 259 cm³/mol.